The molecule has 0 spiro atoms. The summed E-state index contributed by atoms with van der Waals surface area (Å²) in [5.74, 6) is 0. The average molecular weight is 201 g/mol. The number of rotatable bonds is 9. The van der Waals surface area contributed by atoms with E-state index in [1.54, 1.807) is 0 Å². The summed E-state index contributed by atoms with van der Waals surface area (Å²) in [4.78, 5) is 2.35. The van der Waals surface area contributed by atoms with Crippen LogP contribution in [0.3, 0.4) is 0 Å². The van der Waals surface area contributed by atoms with Gasteiger partial charge in [0.05, 0.1) is 6.61 Å². The minimum Gasteiger partial charge on any atom is -0.395 e. The molecule has 0 aliphatic heterocycles. The summed E-state index contributed by atoms with van der Waals surface area (Å²) in [5.41, 5.74) is 0. The third kappa shape index (κ3) is 6.39. The Bertz CT molecular complexity index is 117. The van der Waals surface area contributed by atoms with E-state index in [0.717, 1.165) is 13.1 Å². The molecule has 0 heterocycles. The van der Waals surface area contributed by atoms with E-state index in [1.807, 2.05) is 0 Å². The fourth-order valence-electron chi connectivity index (χ4n) is 1.87. The van der Waals surface area contributed by atoms with Crippen molar-refractivity contribution in [1.29, 1.82) is 0 Å². The first-order valence-electron chi connectivity index (χ1n) is 6.11. The Kier molecular flexibility index (Phi) is 9.42. The highest BCUT2D eigenvalue weighted by molar-refractivity contribution is 4.65. The van der Waals surface area contributed by atoms with E-state index in [0.29, 0.717) is 6.04 Å². The van der Waals surface area contributed by atoms with E-state index >= 15 is 0 Å². The van der Waals surface area contributed by atoms with Crippen LogP contribution in [-0.2, 0) is 0 Å². The van der Waals surface area contributed by atoms with E-state index in [2.05, 4.69) is 25.7 Å². The summed E-state index contributed by atoms with van der Waals surface area (Å²) in [6, 6.07) is 0.629. The van der Waals surface area contributed by atoms with Gasteiger partial charge in [0.1, 0.15) is 0 Å². The van der Waals surface area contributed by atoms with Crippen LogP contribution in [0.5, 0.6) is 0 Å². The molecule has 86 valence electrons. The number of aliphatic hydroxyl groups excluding tert-OH is 1. The lowest BCUT2D eigenvalue weighted by molar-refractivity contribution is 0.157. The van der Waals surface area contributed by atoms with Crippen molar-refractivity contribution < 1.29 is 5.11 Å². The highest BCUT2D eigenvalue weighted by Crippen LogP contribution is 2.10. The third-order valence-corrected chi connectivity index (χ3v) is 2.89. The van der Waals surface area contributed by atoms with Crippen molar-refractivity contribution in [3.05, 3.63) is 0 Å². The first-order valence-corrected chi connectivity index (χ1v) is 6.11. The fourth-order valence-corrected chi connectivity index (χ4v) is 1.87. The molecule has 1 N–H and O–H groups in total. The lowest BCUT2D eigenvalue weighted by Gasteiger charge is -2.26. The lowest BCUT2D eigenvalue weighted by Crippen LogP contribution is -2.35. The molecule has 14 heavy (non-hydrogen) atoms. The molecule has 0 aromatic rings. The van der Waals surface area contributed by atoms with Crippen LogP contribution in [0.4, 0.5) is 0 Å². The minimum absolute atomic E-state index is 0.285. The van der Waals surface area contributed by atoms with Crippen molar-refractivity contribution in [2.45, 2.75) is 58.9 Å². The summed E-state index contributed by atoms with van der Waals surface area (Å²) >= 11 is 0. The zero-order chi connectivity index (χ0) is 10.8. The predicted octanol–water partition coefficient (Wildman–Crippen LogP) is 2.66. The van der Waals surface area contributed by atoms with E-state index < -0.39 is 0 Å². The van der Waals surface area contributed by atoms with Gasteiger partial charge in [-0.1, -0.05) is 39.5 Å². The van der Waals surface area contributed by atoms with Crippen molar-refractivity contribution in [2.75, 3.05) is 19.7 Å². The average Bonchev–Trinajstić information content (AvgIpc) is 2.20. The maximum absolute atomic E-state index is 8.88. The molecule has 0 aliphatic rings. The first-order chi connectivity index (χ1) is 6.76. The van der Waals surface area contributed by atoms with Crippen LogP contribution in [0, 0.1) is 0 Å². The van der Waals surface area contributed by atoms with Gasteiger partial charge in [-0.05, 0) is 19.9 Å². The van der Waals surface area contributed by atoms with Crippen molar-refractivity contribution >= 4 is 0 Å². The maximum Gasteiger partial charge on any atom is 0.0558 e. The molecule has 0 saturated heterocycles. The molecule has 1 unspecified atom stereocenters. The van der Waals surface area contributed by atoms with Gasteiger partial charge >= 0.3 is 0 Å². The van der Waals surface area contributed by atoms with Crippen LogP contribution in [0.2, 0.25) is 0 Å². The number of hydrogen-bond acceptors (Lipinski definition) is 2. The molecule has 2 nitrogen and oxygen atoms in total. The van der Waals surface area contributed by atoms with Crippen LogP contribution in [0.1, 0.15) is 52.9 Å². The van der Waals surface area contributed by atoms with E-state index in [9.17, 15) is 0 Å². The monoisotopic (exact) mass is 201 g/mol. The van der Waals surface area contributed by atoms with Crippen molar-refractivity contribution in [3.63, 3.8) is 0 Å². The Morgan fingerprint density at radius 2 is 1.86 bits per heavy atom. The molecular weight excluding hydrogens is 174 g/mol. The highest BCUT2D eigenvalue weighted by atomic mass is 16.3. The van der Waals surface area contributed by atoms with Gasteiger partial charge in [0.25, 0.3) is 0 Å². The molecule has 1 atom stereocenters. The second-order valence-corrected chi connectivity index (χ2v) is 4.05. The Balaban J connectivity index is 3.52. The molecule has 0 saturated carbocycles. The van der Waals surface area contributed by atoms with E-state index in [4.69, 9.17) is 5.11 Å². The Morgan fingerprint density at radius 3 is 2.36 bits per heavy atom. The molecular formula is C12H27NO. The molecule has 0 aromatic carbocycles. The van der Waals surface area contributed by atoms with Gasteiger partial charge in [-0.2, -0.15) is 0 Å². The Morgan fingerprint density at radius 1 is 1.14 bits per heavy atom. The van der Waals surface area contributed by atoms with Crippen LogP contribution >= 0.6 is 0 Å². The standard InChI is InChI=1S/C12H27NO/c1-4-6-7-8-9-12(3)13(5-2)10-11-14/h12,14H,4-11H2,1-3H3. The van der Waals surface area contributed by atoms with Gasteiger partial charge in [-0.3, -0.25) is 4.90 Å². The van der Waals surface area contributed by atoms with Crippen molar-refractivity contribution in [1.82, 2.24) is 4.90 Å². The summed E-state index contributed by atoms with van der Waals surface area (Å²) < 4.78 is 0. The number of hydrogen-bond donors (Lipinski definition) is 1. The normalized spacial score (nSPS) is 13.5. The van der Waals surface area contributed by atoms with Gasteiger partial charge in [0.15, 0.2) is 0 Å². The lowest BCUT2D eigenvalue weighted by atomic mass is 10.1. The SMILES string of the molecule is CCCCCCC(C)N(CC)CCO. The molecule has 0 fully saturated rings. The largest absolute Gasteiger partial charge is 0.395 e. The summed E-state index contributed by atoms with van der Waals surface area (Å²) in [5, 5.41) is 8.88. The van der Waals surface area contributed by atoms with Gasteiger partial charge in [0, 0.05) is 12.6 Å². The quantitative estimate of drug-likeness (QED) is 0.580. The van der Waals surface area contributed by atoms with Gasteiger partial charge < -0.3 is 5.11 Å². The second-order valence-electron chi connectivity index (χ2n) is 4.05. The van der Waals surface area contributed by atoms with Gasteiger partial charge in [-0.25, -0.2) is 0 Å². The number of aliphatic hydroxyl groups is 1. The van der Waals surface area contributed by atoms with Crippen LogP contribution in [0.25, 0.3) is 0 Å². The number of likely N-dealkylation sites (N-methyl/N-ethyl adjacent to an activating group) is 1. The third-order valence-electron chi connectivity index (χ3n) is 2.89. The van der Waals surface area contributed by atoms with Crippen molar-refractivity contribution in [2.24, 2.45) is 0 Å². The van der Waals surface area contributed by atoms with Crippen LogP contribution in [0.15, 0.2) is 0 Å². The van der Waals surface area contributed by atoms with Gasteiger partial charge in [0.2, 0.25) is 0 Å². The van der Waals surface area contributed by atoms with Crippen LogP contribution < -0.4 is 0 Å². The Hall–Kier alpha value is -0.0800. The molecule has 0 radical (unpaired) electrons. The fraction of sp³-hybridized carbons (Fsp3) is 1.00. The predicted molar refractivity (Wildman–Crippen MR) is 62.6 cm³/mol. The summed E-state index contributed by atoms with van der Waals surface area (Å²) in [6.07, 6.45) is 6.63. The van der Waals surface area contributed by atoms with E-state index in [-0.39, 0.29) is 6.61 Å². The highest BCUT2D eigenvalue weighted by Gasteiger charge is 2.10. The molecule has 0 rings (SSSR count). The summed E-state index contributed by atoms with van der Waals surface area (Å²) in [6.45, 7) is 8.84. The zero-order valence-electron chi connectivity index (χ0n) is 10.1. The molecule has 0 aliphatic carbocycles. The minimum atomic E-state index is 0.285. The smallest absolute Gasteiger partial charge is 0.0558 e. The van der Waals surface area contributed by atoms with Crippen molar-refractivity contribution in [3.8, 4) is 0 Å². The Labute approximate surface area is 89.3 Å². The summed E-state index contributed by atoms with van der Waals surface area (Å²) in [7, 11) is 0. The topological polar surface area (TPSA) is 23.5 Å². The maximum atomic E-state index is 8.88. The first kappa shape index (κ1) is 13.9. The van der Waals surface area contributed by atoms with Crippen LogP contribution in [-0.4, -0.2) is 35.7 Å². The number of nitrogens with zero attached hydrogens (tertiary/aromatic N) is 1. The molecule has 0 aromatic heterocycles. The molecule has 0 amide bonds. The molecule has 2 heteroatoms. The molecule has 0 bridgehead atoms. The zero-order valence-corrected chi connectivity index (χ0v) is 10.1. The second kappa shape index (κ2) is 9.47. The van der Waals surface area contributed by atoms with Gasteiger partial charge in [-0.15, -0.1) is 0 Å². The van der Waals surface area contributed by atoms with E-state index in [1.165, 1.54) is 32.1 Å². The number of unbranched alkanes of at least 4 members (excludes halogenated alkanes) is 3.